The Labute approximate surface area is 133 Å². The van der Waals surface area contributed by atoms with Gasteiger partial charge in [-0.2, -0.15) is 0 Å². The SMILES string of the molecule is CC1(C)CC(NC(=O)[C@@H](N)Cc2ccccc2)CC(C)(C)O1. The zero-order valence-corrected chi connectivity index (χ0v) is 14.1. The van der Waals surface area contributed by atoms with Gasteiger partial charge >= 0.3 is 0 Å². The van der Waals surface area contributed by atoms with E-state index in [0.29, 0.717) is 6.42 Å². The number of rotatable bonds is 4. The molecule has 1 aromatic carbocycles. The van der Waals surface area contributed by atoms with Crippen molar-refractivity contribution in [2.24, 2.45) is 5.73 Å². The van der Waals surface area contributed by atoms with Crippen molar-refractivity contribution in [3.63, 3.8) is 0 Å². The molecule has 22 heavy (non-hydrogen) atoms. The number of carbonyl (C=O) groups excluding carboxylic acids is 1. The lowest BCUT2D eigenvalue weighted by molar-refractivity contribution is -0.165. The van der Waals surface area contributed by atoms with Crippen LogP contribution >= 0.6 is 0 Å². The number of hydrogen-bond acceptors (Lipinski definition) is 3. The maximum absolute atomic E-state index is 12.4. The Morgan fingerprint density at radius 3 is 2.32 bits per heavy atom. The smallest absolute Gasteiger partial charge is 0.237 e. The maximum atomic E-state index is 12.4. The molecule has 1 fully saturated rings. The molecule has 0 aliphatic carbocycles. The van der Waals surface area contributed by atoms with Gasteiger partial charge in [0.1, 0.15) is 0 Å². The Morgan fingerprint density at radius 2 is 1.77 bits per heavy atom. The monoisotopic (exact) mass is 304 g/mol. The fourth-order valence-electron chi connectivity index (χ4n) is 3.46. The molecule has 0 aromatic heterocycles. The Hall–Kier alpha value is -1.39. The van der Waals surface area contributed by atoms with E-state index < -0.39 is 6.04 Å². The first kappa shape index (κ1) is 17.0. The molecule has 122 valence electrons. The van der Waals surface area contributed by atoms with Gasteiger partial charge in [-0.15, -0.1) is 0 Å². The summed E-state index contributed by atoms with van der Waals surface area (Å²) in [6.45, 7) is 8.27. The highest BCUT2D eigenvalue weighted by atomic mass is 16.5. The van der Waals surface area contributed by atoms with Gasteiger partial charge in [0.25, 0.3) is 0 Å². The van der Waals surface area contributed by atoms with Crippen LogP contribution in [0.25, 0.3) is 0 Å². The minimum absolute atomic E-state index is 0.0812. The van der Waals surface area contributed by atoms with Crippen molar-refractivity contribution in [1.82, 2.24) is 5.32 Å². The molecular weight excluding hydrogens is 276 g/mol. The molecule has 1 heterocycles. The zero-order valence-electron chi connectivity index (χ0n) is 14.1. The van der Waals surface area contributed by atoms with E-state index in [1.165, 1.54) is 0 Å². The summed E-state index contributed by atoms with van der Waals surface area (Å²) in [6.07, 6.45) is 2.17. The summed E-state index contributed by atoms with van der Waals surface area (Å²) in [5.74, 6) is -0.0812. The molecule has 0 bridgehead atoms. The van der Waals surface area contributed by atoms with Crippen LogP contribution in [-0.4, -0.2) is 29.2 Å². The molecule has 1 aromatic rings. The molecule has 0 unspecified atom stereocenters. The summed E-state index contributed by atoms with van der Waals surface area (Å²) in [5.41, 5.74) is 6.67. The lowest BCUT2D eigenvalue weighted by Gasteiger charge is -2.45. The van der Waals surface area contributed by atoms with E-state index in [2.05, 4.69) is 33.0 Å². The number of hydrogen-bond donors (Lipinski definition) is 2. The van der Waals surface area contributed by atoms with Gasteiger partial charge in [-0.05, 0) is 52.5 Å². The molecule has 3 N–H and O–H groups in total. The second kappa shape index (κ2) is 6.39. The molecule has 0 radical (unpaired) electrons. The highest BCUT2D eigenvalue weighted by Gasteiger charge is 2.40. The van der Waals surface area contributed by atoms with Crippen molar-refractivity contribution in [2.75, 3.05) is 0 Å². The van der Waals surface area contributed by atoms with Crippen molar-refractivity contribution < 1.29 is 9.53 Å². The number of nitrogens with one attached hydrogen (secondary N) is 1. The van der Waals surface area contributed by atoms with Crippen LogP contribution in [0.3, 0.4) is 0 Å². The Morgan fingerprint density at radius 1 is 1.23 bits per heavy atom. The van der Waals surface area contributed by atoms with Crippen molar-refractivity contribution in [2.45, 2.75) is 70.2 Å². The Kier molecular flexibility index (Phi) is 4.93. The molecule has 4 heteroatoms. The van der Waals surface area contributed by atoms with Gasteiger partial charge in [0.05, 0.1) is 17.2 Å². The second-order valence-electron chi connectivity index (χ2n) is 7.53. The molecule has 1 saturated heterocycles. The quantitative estimate of drug-likeness (QED) is 0.898. The topological polar surface area (TPSA) is 64.4 Å². The lowest BCUT2D eigenvalue weighted by atomic mass is 9.85. The first-order chi connectivity index (χ1) is 10.2. The minimum atomic E-state index is -0.517. The van der Waals surface area contributed by atoms with Crippen LogP contribution in [0.1, 0.15) is 46.1 Å². The zero-order chi connectivity index (χ0) is 16.4. The van der Waals surface area contributed by atoms with Crippen LogP contribution in [0, 0.1) is 0 Å². The van der Waals surface area contributed by atoms with Crippen LogP contribution in [0.4, 0.5) is 0 Å². The van der Waals surface area contributed by atoms with Gasteiger partial charge in [0.2, 0.25) is 5.91 Å². The number of nitrogens with two attached hydrogens (primary N) is 1. The van der Waals surface area contributed by atoms with Crippen LogP contribution in [0.2, 0.25) is 0 Å². The summed E-state index contributed by atoms with van der Waals surface area (Å²) in [4.78, 5) is 12.4. The number of benzene rings is 1. The maximum Gasteiger partial charge on any atom is 0.237 e. The van der Waals surface area contributed by atoms with Gasteiger partial charge in [0.15, 0.2) is 0 Å². The van der Waals surface area contributed by atoms with Crippen molar-refractivity contribution in [3.8, 4) is 0 Å². The van der Waals surface area contributed by atoms with Crippen LogP contribution in [0.5, 0.6) is 0 Å². The van der Waals surface area contributed by atoms with E-state index >= 15 is 0 Å². The fourth-order valence-corrected chi connectivity index (χ4v) is 3.46. The van der Waals surface area contributed by atoms with Gasteiger partial charge in [-0.25, -0.2) is 0 Å². The highest BCUT2D eigenvalue weighted by molar-refractivity contribution is 5.82. The summed E-state index contributed by atoms with van der Waals surface area (Å²) < 4.78 is 6.05. The summed E-state index contributed by atoms with van der Waals surface area (Å²) in [5, 5.41) is 3.11. The number of ether oxygens (including phenoxy) is 1. The first-order valence-electron chi connectivity index (χ1n) is 7.97. The predicted molar refractivity (Wildman–Crippen MR) is 88.5 cm³/mol. The third-order valence-corrected chi connectivity index (χ3v) is 4.01. The van der Waals surface area contributed by atoms with E-state index in [-0.39, 0.29) is 23.2 Å². The first-order valence-corrected chi connectivity index (χ1v) is 7.97. The molecule has 1 aliphatic heterocycles. The molecule has 2 rings (SSSR count). The summed E-state index contributed by atoms with van der Waals surface area (Å²) >= 11 is 0. The van der Waals surface area contributed by atoms with Crippen LogP contribution in [0.15, 0.2) is 30.3 Å². The Bertz CT molecular complexity index is 495. The highest BCUT2D eigenvalue weighted by Crippen LogP contribution is 2.34. The minimum Gasteiger partial charge on any atom is -0.370 e. The van der Waals surface area contributed by atoms with Crippen LogP contribution in [-0.2, 0) is 16.0 Å². The average molecular weight is 304 g/mol. The molecule has 1 atom stereocenters. The predicted octanol–water partition coefficient (Wildman–Crippen LogP) is 2.41. The fraction of sp³-hybridized carbons (Fsp3) is 0.611. The normalized spacial score (nSPS) is 22.0. The van der Waals surface area contributed by atoms with Gasteiger partial charge in [-0.3, -0.25) is 4.79 Å². The molecule has 0 spiro atoms. The van der Waals surface area contributed by atoms with E-state index in [9.17, 15) is 4.79 Å². The van der Waals surface area contributed by atoms with E-state index in [1.54, 1.807) is 0 Å². The van der Waals surface area contributed by atoms with E-state index in [0.717, 1.165) is 18.4 Å². The molecule has 0 saturated carbocycles. The van der Waals surface area contributed by atoms with Gasteiger partial charge in [0, 0.05) is 6.04 Å². The number of carbonyl (C=O) groups is 1. The van der Waals surface area contributed by atoms with Crippen molar-refractivity contribution in [3.05, 3.63) is 35.9 Å². The standard InChI is InChI=1S/C18H28N2O2/c1-17(2)11-14(12-18(3,4)22-17)20-16(21)15(19)10-13-8-6-5-7-9-13/h5-9,14-15H,10-12,19H2,1-4H3,(H,20,21)/t15-/m0/s1. The third kappa shape index (κ3) is 4.82. The summed E-state index contributed by atoms with van der Waals surface area (Å²) in [7, 11) is 0. The van der Waals surface area contributed by atoms with E-state index in [1.807, 2.05) is 30.3 Å². The Balaban J connectivity index is 1.93. The molecule has 1 amide bonds. The summed E-state index contributed by atoms with van der Waals surface area (Å²) in [6, 6.07) is 9.46. The van der Waals surface area contributed by atoms with Crippen molar-refractivity contribution >= 4 is 5.91 Å². The lowest BCUT2D eigenvalue weighted by Crippen LogP contribution is -2.55. The van der Waals surface area contributed by atoms with Crippen LogP contribution < -0.4 is 11.1 Å². The second-order valence-corrected chi connectivity index (χ2v) is 7.53. The van der Waals surface area contributed by atoms with Crippen molar-refractivity contribution in [1.29, 1.82) is 0 Å². The average Bonchev–Trinajstić information content (AvgIpc) is 2.35. The largest absolute Gasteiger partial charge is 0.370 e. The van der Waals surface area contributed by atoms with E-state index in [4.69, 9.17) is 10.5 Å². The number of amides is 1. The molecule has 4 nitrogen and oxygen atoms in total. The molecule has 1 aliphatic rings. The van der Waals surface area contributed by atoms with Gasteiger partial charge < -0.3 is 15.8 Å². The molecular formula is C18H28N2O2. The third-order valence-electron chi connectivity index (χ3n) is 4.01. The van der Waals surface area contributed by atoms with Gasteiger partial charge in [-0.1, -0.05) is 30.3 Å².